The lowest BCUT2D eigenvalue weighted by atomic mass is 10.1. The molecule has 0 radical (unpaired) electrons. The zero-order valence-electron chi connectivity index (χ0n) is 14.1. The van der Waals surface area contributed by atoms with Crippen LogP contribution in [0.15, 0.2) is 54.6 Å². The highest BCUT2D eigenvalue weighted by Gasteiger charge is 2.17. The van der Waals surface area contributed by atoms with E-state index in [0.717, 1.165) is 11.1 Å². The van der Waals surface area contributed by atoms with Crippen LogP contribution in [0.3, 0.4) is 0 Å². The number of benzene rings is 2. The van der Waals surface area contributed by atoms with E-state index in [1.54, 1.807) is 19.1 Å². The van der Waals surface area contributed by atoms with E-state index in [4.69, 9.17) is 17.0 Å². The van der Waals surface area contributed by atoms with Crippen molar-refractivity contribution in [3.63, 3.8) is 0 Å². The number of rotatable bonds is 5. The lowest BCUT2D eigenvalue weighted by Crippen LogP contribution is -2.46. The molecule has 25 heavy (non-hydrogen) atoms. The predicted octanol–water partition coefficient (Wildman–Crippen LogP) is 2.73. The Hall–Kier alpha value is -2.73. The molecular formula is C19H20N2O3S. The molecule has 1 unspecified atom stereocenters. The largest absolute Gasteiger partial charge is 0.459 e. The number of aryl methyl sites for hydroxylation is 1. The molecule has 0 bridgehead atoms. The van der Waals surface area contributed by atoms with Gasteiger partial charge in [-0.1, -0.05) is 48.0 Å². The first kappa shape index (κ1) is 18.6. The monoisotopic (exact) mass is 356 g/mol. The summed E-state index contributed by atoms with van der Waals surface area (Å²) in [7, 11) is 0. The Morgan fingerprint density at radius 2 is 1.72 bits per heavy atom. The van der Waals surface area contributed by atoms with Crippen LogP contribution in [-0.2, 0) is 16.1 Å². The van der Waals surface area contributed by atoms with Gasteiger partial charge in [0.05, 0.1) is 0 Å². The molecule has 0 aliphatic rings. The maximum atomic E-state index is 12.1. The van der Waals surface area contributed by atoms with Gasteiger partial charge in [0.1, 0.15) is 12.6 Å². The average molecular weight is 356 g/mol. The Balaban J connectivity index is 1.79. The fourth-order valence-electron chi connectivity index (χ4n) is 2.03. The molecule has 0 aliphatic heterocycles. The van der Waals surface area contributed by atoms with Crippen molar-refractivity contribution in [3.8, 4) is 0 Å². The summed E-state index contributed by atoms with van der Waals surface area (Å²) in [5, 5.41) is 5.38. The van der Waals surface area contributed by atoms with Crippen LogP contribution in [-0.4, -0.2) is 23.0 Å². The Labute approximate surface area is 152 Å². The fourth-order valence-corrected chi connectivity index (χ4v) is 2.30. The molecule has 2 aromatic rings. The highest BCUT2D eigenvalue weighted by Crippen LogP contribution is 2.03. The van der Waals surface area contributed by atoms with Gasteiger partial charge in [0.2, 0.25) is 0 Å². The van der Waals surface area contributed by atoms with Gasteiger partial charge in [-0.3, -0.25) is 10.1 Å². The van der Waals surface area contributed by atoms with E-state index in [-0.39, 0.29) is 17.6 Å². The third kappa shape index (κ3) is 6.00. The van der Waals surface area contributed by atoms with Gasteiger partial charge in [0.15, 0.2) is 5.11 Å². The summed E-state index contributed by atoms with van der Waals surface area (Å²) in [6.45, 7) is 3.75. The molecule has 2 rings (SSSR count). The van der Waals surface area contributed by atoms with Crippen molar-refractivity contribution in [1.29, 1.82) is 0 Å². The van der Waals surface area contributed by atoms with E-state index in [1.165, 1.54) is 0 Å². The molecule has 0 heterocycles. The maximum Gasteiger partial charge on any atom is 0.328 e. The quantitative estimate of drug-likeness (QED) is 0.637. The number of carbonyl (C=O) groups is 2. The Morgan fingerprint density at radius 3 is 2.36 bits per heavy atom. The first-order chi connectivity index (χ1) is 12.0. The van der Waals surface area contributed by atoms with E-state index in [2.05, 4.69) is 10.6 Å². The number of thiocarbonyl (C=S) groups is 1. The third-order valence-corrected chi connectivity index (χ3v) is 3.69. The normalized spacial score (nSPS) is 11.3. The van der Waals surface area contributed by atoms with Crippen LogP contribution in [0, 0.1) is 6.92 Å². The van der Waals surface area contributed by atoms with E-state index in [0.29, 0.717) is 5.56 Å². The molecule has 2 aromatic carbocycles. The van der Waals surface area contributed by atoms with Crippen LogP contribution in [0.25, 0.3) is 0 Å². The number of nitrogens with one attached hydrogen (secondary N) is 2. The number of hydrogen-bond donors (Lipinski definition) is 2. The Morgan fingerprint density at radius 1 is 1.08 bits per heavy atom. The van der Waals surface area contributed by atoms with Crippen molar-refractivity contribution < 1.29 is 14.3 Å². The van der Waals surface area contributed by atoms with Gasteiger partial charge in [-0.05, 0) is 43.8 Å². The standard InChI is InChI=1S/C19H20N2O3S/c1-13-8-10-16(11-9-13)17(22)21-19(25)20-14(2)18(23)24-12-15-6-4-3-5-7-15/h3-11,14H,12H2,1-2H3,(H2,20,21,22,25). The topological polar surface area (TPSA) is 67.4 Å². The number of esters is 1. The minimum atomic E-state index is -0.672. The molecule has 0 saturated heterocycles. The van der Waals surface area contributed by atoms with Gasteiger partial charge < -0.3 is 10.1 Å². The summed E-state index contributed by atoms with van der Waals surface area (Å²) in [6.07, 6.45) is 0. The molecule has 1 amide bonds. The molecule has 0 saturated carbocycles. The van der Waals surface area contributed by atoms with Crippen LogP contribution >= 0.6 is 12.2 Å². The van der Waals surface area contributed by atoms with Gasteiger partial charge in [0.25, 0.3) is 5.91 Å². The molecule has 0 aromatic heterocycles. The summed E-state index contributed by atoms with van der Waals surface area (Å²) in [5.74, 6) is -0.779. The van der Waals surface area contributed by atoms with E-state index < -0.39 is 12.0 Å². The summed E-state index contributed by atoms with van der Waals surface area (Å²) >= 11 is 5.08. The zero-order valence-corrected chi connectivity index (χ0v) is 14.9. The van der Waals surface area contributed by atoms with Crippen molar-refractivity contribution in [3.05, 3.63) is 71.3 Å². The van der Waals surface area contributed by atoms with Gasteiger partial charge >= 0.3 is 5.97 Å². The first-order valence-corrected chi connectivity index (χ1v) is 8.25. The number of amides is 1. The lowest BCUT2D eigenvalue weighted by molar-refractivity contribution is -0.146. The molecule has 130 valence electrons. The van der Waals surface area contributed by atoms with Crippen LogP contribution in [0.2, 0.25) is 0 Å². The van der Waals surface area contributed by atoms with Crippen molar-refractivity contribution in [1.82, 2.24) is 10.6 Å². The predicted molar refractivity (Wildman–Crippen MR) is 100 cm³/mol. The lowest BCUT2D eigenvalue weighted by Gasteiger charge is -2.15. The molecule has 2 N–H and O–H groups in total. The molecule has 1 atom stereocenters. The van der Waals surface area contributed by atoms with E-state index in [1.807, 2.05) is 49.4 Å². The van der Waals surface area contributed by atoms with Crippen molar-refractivity contribution in [2.45, 2.75) is 26.5 Å². The second-order valence-electron chi connectivity index (χ2n) is 5.61. The SMILES string of the molecule is Cc1ccc(C(=O)NC(=S)NC(C)C(=O)OCc2ccccc2)cc1. The van der Waals surface area contributed by atoms with Crippen LogP contribution in [0.5, 0.6) is 0 Å². The summed E-state index contributed by atoms with van der Waals surface area (Å²) in [6, 6.07) is 15.8. The second-order valence-corrected chi connectivity index (χ2v) is 6.02. The van der Waals surface area contributed by atoms with E-state index >= 15 is 0 Å². The molecule has 6 heteroatoms. The number of hydrogen-bond acceptors (Lipinski definition) is 4. The summed E-state index contributed by atoms with van der Waals surface area (Å²) in [5.41, 5.74) is 2.46. The number of ether oxygens (including phenoxy) is 1. The summed E-state index contributed by atoms with van der Waals surface area (Å²) < 4.78 is 5.22. The molecular weight excluding hydrogens is 336 g/mol. The molecule has 0 spiro atoms. The highest BCUT2D eigenvalue weighted by molar-refractivity contribution is 7.80. The smallest absolute Gasteiger partial charge is 0.328 e. The summed E-state index contributed by atoms with van der Waals surface area (Å²) in [4.78, 5) is 24.1. The van der Waals surface area contributed by atoms with Gasteiger partial charge in [0, 0.05) is 5.56 Å². The van der Waals surface area contributed by atoms with Crippen molar-refractivity contribution in [2.24, 2.45) is 0 Å². The van der Waals surface area contributed by atoms with Crippen LogP contribution in [0.4, 0.5) is 0 Å². The first-order valence-electron chi connectivity index (χ1n) is 7.85. The van der Waals surface area contributed by atoms with Gasteiger partial charge in [-0.15, -0.1) is 0 Å². The van der Waals surface area contributed by atoms with Crippen LogP contribution < -0.4 is 10.6 Å². The minimum Gasteiger partial charge on any atom is -0.459 e. The molecule has 0 aliphatic carbocycles. The Bertz CT molecular complexity index is 745. The average Bonchev–Trinajstić information content (AvgIpc) is 2.60. The van der Waals surface area contributed by atoms with Crippen LogP contribution in [0.1, 0.15) is 28.4 Å². The molecule has 5 nitrogen and oxygen atoms in total. The fraction of sp³-hybridized carbons (Fsp3) is 0.211. The third-order valence-electron chi connectivity index (χ3n) is 3.47. The van der Waals surface area contributed by atoms with E-state index in [9.17, 15) is 9.59 Å². The van der Waals surface area contributed by atoms with Gasteiger partial charge in [-0.25, -0.2) is 4.79 Å². The van der Waals surface area contributed by atoms with Gasteiger partial charge in [-0.2, -0.15) is 0 Å². The van der Waals surface area contributed by atoms with Crippen molar-refractivity contribution in [2.75, 3.05) is 0 Å². The second kappa shape index (κ2) is 8.94. The Kier molecular flexibility index (Phi) is 6.65. The highest BCUT2D eigenvalue weighted by atomic mass is 32.1. The zero-order chi connectivity index (χ0) is 18.2. The minimum absolute atomic E-state index is 0.0785. The number of carbonyl (C=O) groups excluding carboxylic acids is 2. The van der Waals surface area contributed by atoms with Crippen molar-refractivity contribution >= 4 is 29.2 Å². The maximum absolute atomic E-state index is 12.1. The molecule has 0 fully saturated rings.